The largest absolute Gasteiger partial charge is 0.463 e. The lowest BCUT2D eigenvalue weighted by Gasteiger charge is -2.03. The molecule has 0 aliphatic heterocycles. The topological polar surface area (TPSA) is 52.6 Å². The molecule has 0 fully saturated rings. The first-order valence-corrected chi connectivity index (χ1v) is 4.15. The quantitative estimate of drug-likeness (QED) is 0.378. The zero-order valence-electron chi connectivity index (χ0n) is 8.12. The molecule has 0 spiro atoms. The van der Waals surface area contributed by atoms with Crippen LogP contribution in [0.1, 0.15) is 27.2 Å². The van der Waals surface area contributed by atoms with Crippen LogP contribution < -0.4 is 0 Å². The number of carbonyl (C=O) groups excluding carboxylic acids is 2. The van der Waals surface area contributed by atoms with Crippen LogP contribution in [0, 0.1) is 0 Å². The van der Waals surface area contributed by atoms with Gasteiger partial charge in [-0.05, 0) is 13.3 Å². The van der Waals surface area contributed by atoms with Gasteiger partial charge in [-0.15, -0.1) is 0 Å². The Hall–Kier alpha value is -1.32. The second-order valence-electron chi connectivity index (χ2n) is 2.33. The number of rotatable bonds is 4. The summed E-state index contributed by atoms with van der Waals surface area (Å²) in [4.78, 5) is 21.5. The molecule has 0 rings (SSSR count). The van der Waals surface area contributed by atoms with Crippen molar-refractivity contribution in [2.45, 2.75) is 27.2 Å². The van der Waals surface area contributed by atoms with Gasteiger partial charge in [0.05, 0.1) is 12.2 Å². The van der Waals surface area contributed by atoms with E-state index >= 15 is 0 Å². The van der Waals surface area contributed by atoms with Gasteiger partial charge < -0.3 is 9.47 Å². The van der Waals surface area contributed by atoms with Crippen molar-refractivity contribution >= 4 is 11.9 Å². The summed E-state index contributed by atoms with van der Waals surface area (Å²) in [5.74, 6) is -0.888. The number of hydrogen-bond acceptors (Lipinski definition) is 4. The Labute approximate surface area is 77.5 Å². The molecule has 13 heavy (non-hydrogen) atoms. The lowest BCUT2D eigenvalue weighted by Crippen LogP contribution is -2.08. The molecule has 0 bridgehead atoms. The fraction of sp³-hybridized carbons (Fsp3) is 0.556. The van der Waals surface area contributed by atoms with Crippen molar-refractivity contribution in [2.75, 3.05) is 6.61 Å². The molecule has 0 atom stereocenters. The third-order valence-corrected chi connectivity index (χ3v) is 1.29. The Balaban J connectivity index is 4.22. The Morgan fingerprint density at radius 1 is 1.31 bits per heavy atom. The van der Waals surface area contributed by atoms with Crippen molar-refractivity contribution in [2.24, 2.45) is 0 Å². The fourth-order valence-electron chi connectivity index (χ4n) is 0.654. The van der Waals surface area contributed by atoms with Gasteiger partial charge in [-0.1, -0.05) is 6.92 Å². The summed E-state index contributed by atoms with van der Waals surface area (Å²) in [6, 6.07) is 0. The summed E-state index contributed by atoms with van der Waals surface area (Å²) in [7, 11) is 0. The van der Waals surface area contributed by atoms with E-state index in [1.807, 2.05) is 0 Å². The van der Waals surface area contributed by atoms with Crippen LogP contribution in [0.5, 0.6) is 0 Å². The fourth-order valence-corrected chi connectivity index (χ4v) is 0.654. The standard InChI is InChI=1S/C9H14O4/c1-4-8(6-13-7(3)10)9(11)12-5-2/h6H,4-5H2,1-3H3. The van der Waals surface area contributed by atoms with E-state index in [4.69, 9.17) is 4.74 Å². The average molecular weight is 186 g/mol. The Morgan fingerprint density at radius 2 is 1.92 bits per heavy atom. The van der Waals surface area contributed by atoms with Gasteiger partial charge in [0.25, 0.3) is 0 Å². The molecule has 0 heterocycles. The monoisotopic (exact) mass is 186 g/mol. The molecule has 0 aliphatic carbocycles. The molecule has 4 nitrogen and oxygen atoms in total. The van der Waals surface area contributed by atoms with Gasteiger partial charge in [-0.3, -0.25) is 4.79 Å². The number of hydrogen-bond donors (Lipinski definition) is 0. The minimum atomic E-state index is -0.449. The maximum absolute atomic E-state index is 11.1. The van der Waals surface area contributed by atoms with Gasteiger partial charge in [0.15, 0.2) is 0 Å². The smallest absolute Gasteiger partial charge is 0.337 e. The van der Waals surface area contributed by atoms with Crippen LogP contribution in [0.3, 0.4) is 0 Å². The van der Waals surface area contributed by atoms with Gasteiger partial charge >= 0.3 is 11.9 Å². The first-order valence-electron chi connectivity index (χ1n) is 4.15. The third-order valence-electron chi connectivity index (χ3n) is 1.29. The van der Waals surface area contributed by atoms with Gasteiger partial charge in [-0.2, -0.15) is 0 Å². The van der Waals surface area contributed by atoms with E-state index < -0.39 is 11.9 Å². The Morgan fingerprint density at radius 3 is 2.31 bits per heavy atom. The lowest BCUT2D eigenvalue weighted by atomic mass is 10.2. The van der Waals surface area contributed by atoms with Crippen molar-refractivity contribution in [1.82, 2.24) is 0 Å². The molecule has 4 heteroatoms. The van der Waals surface area contributed by atoms with Crippen LogP contribution in [0.4, 0.5) is 0 Å². The summed E-state index contributed by atoms with van der Waals surface area (Å²) < 4.78 is 9.29. The highest BCUT2D eigenvalue weighted by Gasteiger charge is 2.08. The number of esters is 2. The summed E-state index contributed by atoms with van der Waals surface area (Å²) in [6.07, 6.45) is 1.62. The second-order valence-corrected chi connectivity index (χ2v) is 2.33. The highest BCUT2D eigenvalue weighted by Crippen LogP contribution is 2.03. The summed E-state index contributed by atoms with van der Waals surface area (Å²) >= 11 is 0. The van der Waals surface area contributed by atoms with E-state index in [1.54, 1.807) is 13.8 Å². The van der Waals surface area contributed by atoms with E-state index in [-0.39, 0.29) is 0 Å². The lowest BCUT2D eigenvalue weighted by molar-refractivity contribution is -0.139. The highest BCUT2D eigenvalue weighted by atomic mass is 16.5. The third kappa shape index (κ3) is 5.00. The molecule has 0 N–H and O–H groups in total. The minimum absolute atomic E-state index is 0.316. The molecular formula is C9H14O4. The highest BCUT2D eigenvalue weighted by molar-refractivity contribution is 5.88. The van der Waals surface area contributed by atoms with E-state index in [1.165, 1.54) is 6.92 Å². The van der Waals surface area contributed by atoms with E-state index in [0.29, 0.717) is 18.6 Å². The van der Waals surface area contributed by atoms with Gasteiger partial charge in [0.2, 0.25) is 0 Å². The second kappa shape index (κ2) is 6.22. The van der Waals surface area contributed by atoms with E-state index in [9.17, 15) is 9.59 Å². The summed E-state index contributed by atoms with van der Waals surface area (Å²) in [5, 5.41) is 0. The van der Waals surface area contributed by atoms with Crippen molar-refractivity contribution in [3.8, 4) is 0 Å². The molecule has 0 aromatic carbocycles. The maximum Gasteiger partial charge on any atom is 0.337 e. The van der Waals surface area contributed by atoms with Crippen molar-refractivity contribution < 1.29 is 19.1 Å². The molecular weight excluding hydrogens is 172 g/mol. The van der Waals surface area contributed by atoms with E-state index in [0.717, 1.165) is 6.26 Å². The van der Waals surface area contributed by atoms with Crippen LogP contribution in [0.25, 0.3) is 0 Å². The summed E-state index contributed by atoms with van der Waals surface area (Å²) in [6.45, 7) is 5.09. The van der Waals surface area contributed by atoms with Gasteiger partial charge in [0.1, 0.15) is 6.26 Å². The molecule has 0 amide bonds. The number of carbonyl (C=O) groups is 2. The van der Waals surface area contributed by atoms with Crippen molar-refractivity contribution in [3.05, 3.63) is 11.8 Å². The van der Waals surface area contributed by atoms with Crippen molar-refractivity contribution in [3.63, 3.8) is 0 Å². The molecule has 74 valence electrons. The molecule has 0 saturated heterocycles. The molecule has 0 radical (unpaired) electrons. The maximum atomic E-state index is 11.1. The predicted molar refractivity (Wildman–Crippen MR) is 46.8 cm³/mol. The van der Waals surface area contributed by atoms with Crippen molar-refractivity contribution in [1.29, 1.82) is 0 Å². The molecule has 0 saturated carbocycles. The minimum Gasteiger partial charge on any atom is -0.463 e. The molecule has 0 aromatic rings. The van der Waals surface area contributed by atoms with Gasteiger partial charge in [0, 0.05) is 6.92 Å². The van der Waals surface area contributed by atoms with Crippen LogP contribution in [0.15, 0.2) is 11.8 Å². The Kier molecular flexibility index (Phi) is 5.59. The molecule has 0 aliphatic rings. The average Bonchev–Trinajstić information content (AvgIpc) is 2.05. The van der Waals surface area contributed by atoms with Crippen LogP contribution in [0.2, 0.25) is 0 Å². The molecule has 0 aromatic heterocycles. The first kappa shape index (κ1) is 11.7. The zero-order valence-corrected chi connectivity index (χ0v) is 8.12. The molecule has 0 unspecified atom stereocenters. The Bertz CT molecular complexity index is 218. The predicted octanol–water partition coefficient (Wildman–Crippen LogP) is 1.41. The normalized spacial score (nSPS) is 10.8. The van der Waals surface area contributed by atoms with Gasteiger partial charge in [-0.25, -0.2) is 4.79 Å². The summed E-state index contributed by atoms with van der Waals surface area (Å²) in [5.41, 5.74) is 0.358. The first-order chi connectivity index (χ1) is 6.11. The zero-order chi connectivity index (χ0) is 10.3. The van der Waals surface area contributed by atoms with Crippen LogP contribution in [-0.4, -0.2) is 18.5 Å². The van der Waals surface area contributed by atoms with Crippen LogP contribution in [-0.2, 0) is 19.1 Å². The number of ether oxygens (including phenoxy) is 2. The van der Waals surface area contributed by atoms with Crippen LogP contribution >= 0.6 is 0 Å². The SMILES string of the molecule is CCOC(=O)C(=COC(C)=O)CC. The van der Waals surface area contributed by atoms with E-state index in [2.05, 4.69) is 4.74 Å².